The zero-order chi connectivity index (χ0) is 17.7. The number of hydrogen-bond acceptors (Lipinski definition) is 4. The van der Waals surface area contributed by atoms with Crippen molar-refractivity contribution in [3.8, 4) is 5.75 Å². The molecule has 0 aliphatic rings. The van der Waals surface area contributed by atoms with Crippen LogP contribution >= 0.6 is 11.6 Å². The van der Waals surface area contributed by atoms with Crippen LogP contribution < -0.4 is 10.1 Å². The van der Waals surface area contributed by atoms with E-state index in [0.717, 1.165) is 6.08 Å². The van der Waals surface area contributed by atoms with Gasteiger partial charge < -0.3 is 10.1 Å². The number of benzene rings is 2. The minimum absolute atomic E-state index is 0.00456. The van der Waals surface area contributed by atoms with Crippen LogP contribution in [0.3, 0.4) is 0 Å². The minimum Gasteiger partial charge on any atom is -0.496 e. The third-order valence-electron chi connectivity index (χ3n) is 3.06. The number of halogens is 2. The smallest absolute Gasteiger partial charge is 0.296 e. The SMILES string of the molecule is COc1ccc(NC(=O)/C=C/c2c(F)cccc2Cl)c([N+](=O)[O-])c1. The van der Waals surface area contributed by atoms with E-state index in [0.29, 0.717) is 0 Å². The first-order valence-electron chi connectivity index (χ1n) is 6.68. The van der Waals surface area contributed by atoms with Crippen LogP contribution in [-0.2, 0) is 4.79 Å². The van der Waals surface area contributed by atoms with Crippen LogP contribution in [0.5, 0.6) is 5.75 Å². The highest BCUT2D eigenvalue weighted by Gasteiger charge is 2.16. The van der Waals surface area contributed by atoms with Crippen molar-refractivity contribution < 1.29 is 18.8 Å². The van der Waals surface area contributed by atoms with Gasteiger partial charge in [-0.2, -0.15) is 0 Å². The van der Waals surface area contributed by atoms with Gasteiger partial charge in [-0.3, -0.25) is 14.9 Å². The maximum atomic E-state index is 13.6. The number of nitro groups is 1. The van der Waals surface area contributed by atoms with Crippen molar-refractivity contribution >= 4 is 35.0 Å². The molecule has 1 amide bonds. The van der Waals surface area contributed by atoms with Crippen LogP contribution in [0.2, 0.25) is 5.02 Å². The lowest BCUT2D eigenvalue weighted by Gasteiger charge is -2.06. The van der Waals surface area contributed by atoms with E-state index < -0.39 is 16.6 Å². The number of nitro benzene ring substituents is 1. The second kappa shape index (κ2) is 7.56. The molecule has 0 radical (unpaired) electrons. The lowest BCUT2D eigenvalue weighted by molar-refractivity contribution is -0.384. The predicted molar refractivity (Wildman–Crippen MR) is 88.7 cm³/mol. The van der Waals surface area contributed by atoms with Gasteiger partial charge in [0, 0.05) is 11.6 Å². The summed E-state index contributed by atoms with van der Waals surface area (Å²) < 4.78 is 18.5. The molecule has 0 aliphatic heterocycles. The molecular weight excluding hydrogens is 339 g/mol. The van der Waals surface area contributed by atoms with E-state index in [2.05, 4.69) is 5.32 Å². The molecule has 24 heavy (non-hydrogen) atoms. The molecule has 8 heteroatoms. The molecule has 6 nitrogen and oxygen atoms in total. The molecule has 0 atom stereocenters. The summed E-state index contributed by atoms with van der Waals surface area (Å²) in [7, 11) is 1.37. The van der Waals surface area contributed by atoms with Crippen molar-refractivity contribution in [3.05, 3.63) is 69.0 Å². The highest BCUT2D eigenvalue weighted by atomic mass is 35.5. The number of carbonyl (C=O) groups excluding carboxylic acids is 1. The van der Waals surface area contributed by atoms with Gasteiger partial charge >= 0.3 is 0 Å². The Balaban J connectivity index is 2.21. The van der Waals surface area contributed by atoms with E-state index in [1.165, 1.54) is 49.6 Å². The topological polar surface area (TPSA) is 81.5 Å². The van der Waals surface area contributed by atoms with E-state index in [-0.39, 0.29) is 27.7 Å². The Morgan fingerprint density at radius 3 is 2.75 bits per heavy atom. The highest BCUT2D eigenvalue weighted by molar-refractivity contribution is 6.32. The average molecular weight is 351 g/mol. The molecule has 2 aromatic rings. The summed E-state index contributed by atoms with van der Waals surface area (Å²) in [4.78, 5) is 22.3. The molecule has 1 N–H and O–H groups in total. The maximum absolute atomic E-state index is 13.6. The van der Waals surface area contributed by atoms with Crippen LogP contribution in [0.15, 0.2) is 42.5 Å². The Morgan fingerprint density at radius 1 is 1.38 bits per heavy atom. The Kier molecular flexibility index (Phi) is 5.49. The van der Waals surface area contributed by atoms with E-state index in [1.807, 2.05) is 0 Å². The summed E-state index contributed by atoms with van der Waals surface area (Å²) in [6.07, 6.45) is 2.24. The molecule has 0 heterocycles. The molecule has 0 aliphatic carbocycles. The van der Waals surface area contributed by atoms with Gasteiger partial charge in [-0.25, -0.2) is 4.39 Å². The Labute approximate surface area is 141 Å². The molecule has 0 aromatic heterocycles. The number of ether oxygens (including phenoxy) is 1. The van der Waals surface area contributed by atoms with Gasteiger partial charge in [0.25, 0.3) is 5.69 Å². The van der Waals surface area contributed by atoms with Gasteiger partial charge in [0.1, 0.15) is 17.3 Å². The zero-order valence-corrected chi connectivity index (χ0v) is 13.2. The molecule has 124 valence electrons. The van der Waals surface area contributed by atoms with Crippen LogP contribution in [0, 0.1) is 15.9 Å². The van der Waals surface area contributed by atoms with Crippen molar-refractivity contribution in [3.63, 3.8) is 0 Å². The third kappa shape index (κ3) is 4.08. The van der Waals surface area contributed by atoms with Gasteiger partial charge in [-0.05, 0) is 30.3 Å². The van der Waals surface area contributed by atoms with Crippen molar-refractivity contribution in [2.45, 2.75) is 0 Å². The number of methoxy groups -OCH3 is 1. The number of carbonyl (C=O) groups is 1. The van der Waals surface area contributed by atoms with Crippen molar-refractivity contribution in [1.82, 2.24) is 0 Å². The second-order valence-corrected chi connectivity index (χ2v) is 5.01. The fourth-order valence-corrected chi connectivity index (χ4v) is 2.12. The van der Waals surface area contributed by atoms with E-state index in [9.17, 15) is 19.3 Å². The third-order valence-corrected chi connectivity index (χ3v) is 3.39. The van der Waals surface area contributed by atoms with Crippen molar-refractivity contribution in [2.75, 3.05) is 12.4 Å². The second-order valence-electron chi connectivity index (χ2n) is 4.60. The normalized spacial score (nSPS) is 10.6. The maximum Gasteiger partial charge on any atom is 0.296 e. The fraction of sp³-hybridized carbons (Fsp3) is 0.0625. The summed E-state index contributed by atoms with van der Waals surface area (Å²) in [5.41, 5.74) is -0.270. The first-order valence-corrected chi connectivity index (χ1v) is 7.05. The summed E-state index contributed by atoms with van der Waals surface area (Å²) >= 11 is 5.85. The van der Waals surface area contributed by atoms with Crippen molar-refractivity contribution in [1.29, 1.82) is 0 Å². The summed E-state index contributed by atoms with van der Waals surface area (Å²) in [6, 6.07) is 8.13. The largest absolute Gasteiger partial charge is 0.496 e. The van der Waals surface area contributed by atoms with E-state index in [4.69, 9.17) is 16.3 Å². The standard InChI is InChI=1S/C16H12ClFN2O4/c1-24-10-5-7-14(15(9-10)20(22)23)19-16(21)8-6-11-12(17)3-2-4-13(11)18/h2-9H,1H3,(H,19,21)/b8-6+. The predicted octanol–water partition coefficient (Wildman–Crippen LogP) is 4.05. The highest BCUT2D eigenvalue weighted by Crippen LogP contribution is 2.29. The lowest BCUT2D eigenvalue weighted by atomic mass is 10.2. The number of nitrogens with zero attached hydrogens (tertiary/aromatic N) is 1. The van der Waals surface area contributed by atoms with Crippen LogP contribution in [0.1, 0.15) is 5.56 Å². The molecule has 0 unspecified atom stereocenters. The van der Waals surface area contributed by atoms with E-state index in [1.54, 1.807) is 0 Å². The molecule has 0 saturated carbocycles. The number of hydrogen-bond donors (Lipinski definition) is 1. The first-order chi connectivity index (χ1) is 11.4. The van der Waals surface area contributed by atoms with E-state index >= 15 is 0 Å². The van der Waals surface area contributed by atoms with Crippen molar-refractivity contribution in [2.24, 2.45) is 0 Å². The number of anilines is 1. The monoisotopic (exact) mass is 350 g/mol. The van der Waals surface area contributed by atoms with Gasteiger partial charge in [0.05, 0.1) is 23.1 Å². The minimum atomic E-state index is -0.664. The number of amides is 1. The zero-order valence-electron chi connectivity index (χ0n) is 12.5. The van der Waals surface area contributed by atoms with Crippen LogP contribution in [0.4, 0.5) is 15.8 Å². The summed E-state index contributed by atoms with van der Waals surface area (Å²) in [5.74, 6) is -0.960. The molecular formula is C16H12ClFN2O4. The molecule has 2 rings (SSSR count). The average Bonchev–Trinajstić information content (AvgIpc) is 2.54. The fourth-order valence-electron chi connectivity index (χ4n) is 1.90. The van der Waals surface area contributed by atoms with Gasteiger partial charge in [0.15, 0.2) is 0 Å². The number of nitrogens with one attached hydrogen (secondary N) is 1. The molecule has 2 aromatic carbocycles. The molecule has 0 fully saturated rings. The lowest BCUT2D eigenvalue weighted by Crippen LogP contribution is -2.09. The Bertz CT molecular complexity index is 803. The van der Waals surface area contributed by atoms with Crippen LogP contribution in [-0.4, -0.2) is 17.9 Å². The van der Waals surface area contributed by atoms with Gasteiger partial charge in [-0.15, -0.1) is 0 Å². The summed E-state index contributed by atoms with van der Waals surface area (Å²) in [6.45, 7) is 0. The number of rotatable bonds is 5. The molecule has 0 bridgehead atoms. The molecule has 0 spiro atoms. The Hall–Kier alpha value is -2.93. The van der Waals surface area contributed by atoms with Crippen LogP contribution in [0.25, 0.3) is 6.08 Å². The molecule has 0 saturated heterocycles. The first kappa shape index (κ1) is 17.4. The van der Waals surface area contributed by atoms with Gasteiger partial charge in [-0.1, -0.05) is 17.7 Å². The summed E-state index contributed by atoms with van der Waals surface area (Å²) in [5, 5.41) is 13.6. The quantitative estimate of drug-likeness (QED) is 0.501. The van der Waals surface area contributed by atoms with Gasteiger partial charge in [0.2, 0.25) is 5.91 Å². The Morgan fingerprint density at radius 2 is 2.12 bits per heavy atom.